The minimum atomic E-state index is -4.63. The summed E-state index contributed by atoms with van der Waals surface area (Å²) in [5.74, 6) is -0.0264. The lowest BCUT2D eigenvalue weighted by Crippen LogP contribution is -2.42. The number of hydrogen-bond donors (Lipinski definition) is 0. The Morgan fingerprint density at radius 2 is 1.81 bits per heavy atom. The third-order valence-corrected chi connectivity index (χ3v) is 3.83. The van der Waals surface area contributed by atoms with E-state index in [4.69, 9.17) is 0 Å². The molecule has 92 valence electrons. The number of hydrogen-bond acceptors (Lipinski definition) is 2. The van der Waals surface area contributed by atoms with Crippen LogP contribution in [-0.2, 0) is 9.53 Å². The predicted molar refractivity (Wildman–Crippen MR) is 50.7 cm³/mol. The highest BCUT2D eigenvalue weighted by Crippen LogP contribution is 2.49. The smallest absolute Gasteiger partial charge is 0.299 e. The Morgan fingerprint density at radius 1 is 1.19 bits per heavy atom. The number of ether oxygens (including phenoxy) is 1. The molecule has 2 rings (SSSR count). The maximum Gasteiger partial charge on any atom is 0.522 e. The van der Waals surface area contributed by atoms with Gasteiger partial charge in [0.05, 0.1) is 11.5 Å². The van der Waals surface area contributed by atoms with Gasteiger partial charge >= 0.3 is 6.36 Å². The molecule has 0 aromatic rings. The summed E-state index contributed by atoms with van der Waals surface area (Å²) < 4.78 is 40.9. The fourth-order valence-electron chi connectivity index (χ4n) is 3.08. The number of ketones is 1. The van der Waals surface area contributed by atoms with Crippen LogP contribution in [-0.4, -0.2) is 18.2 Å². The van der Waals surface area contributed by atoms with Crippen molar-refractivity contribution < 1.29 is 22.7 Å². The standard InChI is InChI=1S/C11H15F3O2/c12-11(13,14)16-9-5-4-8(15)10(9)6-2-1-3-7-10/h9H,1-7H2. The fourth-order valence-corrected chi connectivity index (χ4v) is 3.08. The van der Waals surface area contributed by atoms with Gasteiger partial charge < -0.3 is 0 Å². The summed E-state index contributed by atoms with van der Waals surface area (Å²) in [4.78, 5) is 11.8. The van der Waals surface area contributed by atoms with Gasteiger partial charge in [-0.3, -0.25) is 9.53 Å². The molecular weight excluding hydrogens is 221 g/mol. The van der Waals surface area contributed by atoms with Crippen molar-refractivity contribution >= 4 is 5.78 Å². The molecule has 2 saturated carbocycles. The van der Waals surface area contributed by atoms with Gasteiger partial charge in [-0.2, -0.15) is 0 Å². The highest BCUT2D eigenvalue weighted by Gasteiger charge is 2.53. The molecule has 0 heterocycles. The Hall–Kier alpha value is -0.580. The first kappa shape index (κ1) is 11.9. The van der Waals surface area contributed by atoms with Gasteiger partial charge in [-0.05, 0) is 19.3 Å². The van der Waals surface area contributed by atoms with Gasteiger partial charge in [-0.15, -0.1) is 13.2 Å². The Bertz CT molecular complexity index is 279. The Kier molecular flexibility index (Phi) is 2.99. The lowest BCUT2D eigenvalue weighted by atomic mass is 9.71. The van der Waals surface area contributed by atoms with Crippen LogP contribution in [0.25, 0.3) is 0 Å². The van der Waals surface area contributed by atoms with Crippen LogP contribution in [0.1, 0.15) is 44.9 Å². The van der Waals surface area contributed by atoms with Crippen LogP contribution in [0.15, 0.2) is 0 Å². The molecule has 2 aliphatic carbocycles. The average Bonchev–Trinajstić information content (AvgIpc) is 2.47. The summed E-state index contributed by atoms with van der Waals surface area (Å²) >= 11 is 0. The molecule has 2 aliphatic rings. The number of carbonyl (C=O) groups excluding carboxylic acids is 1. The van der Waals surface area contributed by atoms with Crippen molar-refractivity contribution in [2.45, 2.75) is 57.4 Å². The Balaban J connectivity index is 2.15. The quantitative estimate of drug-likeness (QED) is 0.698. The van der Waals surface area contributed by atoms with Crippen molar-refractivity contribution in [2.75, 3.05) is 0 Å². The molecule has 2 nitrogen and oxygen atoms in total. The van der Waals surface area contributed by atoms with Gasteiger partial charge in [0.25, 0.3) is 0 Å². The van der Waals surface area contributed by atoms with Crippen LogP contribution in [0.4, 0.5) is 13.2 Å². The molecule has 0 bridgehead atoms. The number of carbonyl (C=O) groups is 1. The van der Waals surface area contributed by atoms with Crippen molar-refractivity contribution in [2.24, 2.45) is 5.41 Å². The van der Waals surface area contributed by atoms with Crippen LogP contribution < -0.4 is 0 Å². The zero-order valence-corrected chi connectivity index (χ0v) is 8.98. The third-order valence-electron chi connectivity index (χ3n) is 3.83. The normalized spacial score (nSPS) is 29.9. The van der Waals surface area contributed by atoms with E-state index in [9.17, 15) is 18.0 Å². The maximum atomic E-state index is 12.2. The fraction of sp³-hybridized carbons (Fsp3) is 0.909. The van der Waals surface area contributed by atoms with E-state index < -0.39 is 17.9 Å². The zero-order chi connectivity index (χ0) is 11.8. The van der Waals surface area contributed by atoms with Crippen molar-refractivity contribution in [1.29, 1.82) is 0 Å². The molecular formula is C11H15F3O2. The van der Waals surface area contributed by atoms with E-state index in [0.29, 0.717) is 12.8 Å². The van der Waals surface area contributed by atoms with E-state index in [2.05, 4.69) is 4.74 Å². The van der Waals surface area contributed by atoms with Gasteiger partial charge in [-0.25, -0.2) is 0 Å². The summed E-state index contributed by atoms with van der Waals surface area (Å²) in [6.45, 7) is 0. The largest absolute Gasteiger partial charge is 0.522 e. The molecule has 16 heavy (non-hydrogen) atoms. The summed E-state index contributed by atoms with van der Waals surface area (Å²) in [6.07, 6.45) is -1.31. The molecule has 0 saturated heterocycles. The van der Waals surface area contributed by atoms with E-state index in [-0.39, 0.29) is 18.6 Å². The molecule has 0 radical (unpaired) electrons. The predicted octanol–water partition coefficient (Wildman–Crippen LogP) is 3.20. The highest BCUT2D eigenvalue weighted by atomic mass is 19.4. The Labute approximate surface area is 92.1 Å². The minimum Gasteiger partial charge on any atom is -0.299 e. The zero-order valence-electron chi connectivity index (χ0n) is 8.98. The summed E-state index contributed by atoms with van der Waals surface area (Å²) in [5, 5.41) is 0. The second-order valence-corrected chi connectivity index (χ2v) is 4.73. The molecule has 0 N–H and O–H groups in total. The van der Waals surface area contributed by atoms with Gasteiger partial charge in [0.2, 0.25) is 0 Å². The Morgan fingerprint density at radius 3 is 2.38 bits per heavy atom. The molecule has 0 aromatic heterocycles. The van der Waals surface area contributed by atoms with Gasteiger partial charge in [0.15, 0.2) is 0 Å². The first-order valence-electron chi connectivity index (χ1n) is 5.72. The molecule has 1 spiro atoms. The lowest BCUT2D eigenvalue weighted by Gasteiger charge is -2.37. The monoisotopic (exact) mass is 236 g/mol. The van der Waals surface area contributed by atoms with Gasteiger partial charge in [-0.1, -0.05) is 19.3 Å². The number of Topliss-reactive ketones (excluding diaryl/α,β-unsaturated/α-hetero) is 1. The van der Waals surface area contributed by atoms with E-state index in [1.54, 1.807) is 0 Å². The minimum absolute atomic E-state index is 0.0264. The van der Waals surface area contributed by atoms with E-state index in [1.165, 1.54) is 0 Å². The molecule has 0 amide bonds. The number of halogens is 3. The molecule has 1 unspecified atom stereocenters. The summed E-state index contributed by atoms with van der Waals surface area (Å²) in [6, 6.07) is 0. The summed E-state index contributed by atoms with van der Waals surface area (Å²) in [5.41, 5.74) is -0.826. The van der Waals surface area contributed by atoms with Crippen LogP contribution in [0, 0.1) is 5.41 Å². The molecule has 0 aliphatic heterocycles. The van der Waals surface area contributed by atoms with Crippen molar-refractivity contribution in [3.63, 3.8) is 0 Å². The van der Waals surface area contributed by atoms with Crippen molar-refractivity contribution in [3.05, 3.63) is 0 Å². The average molecular weight is 236 g/mol. The highest BCUT2D eigenvalue weighted by molar-refractivity contribution is 5.87. The van der Waals surface area contributed by atoms with E-state index in [1.807, 2.05) is 0 Å². The SMILES string of the molecule is O=C1CCC(OC(F)(F)F)C12CCCCC2. The van der Waals surface area contributed by atoms with E-state index >= 15 is 0 Å². The molecule has 5 heteroatoms. The topological polar surface area (TPSA) is 26.3 Å². The first-order valence-corrected chi connectivity index (χ1v) is 5.72. The van der Waals surface area contributed by atoms with Crippen LogP contribution in [0.5, 0.6) is 0 Å². The van der Waals surface area contributed by atoms with Gasteiger partial charge in [0, 0.05) is 6.42 Å². The molecule has 2 fully saturated rings. The number of alkyl halides is 3. The van der Waals surface area contributed by atoms with Gasteiger partial charge in [0.1, 0.15) is 5.78 Å². The molecule has 0 aromatic carbocycles. The van der Waals surface area contributed by atoms with Crippen molar-refractivity contribution in [1.82, 2.24) is 0 Å². The second-order valence-electron chi connectivity index (χ2n) is 4.73. The maximum absolute atomic E-state index is 12.2. The third kappa shape index (κ3) is 2.10. The van der Waals surface area contributed by atoms with Crippen molar-refractivity contribution in [3.8, 4) is 0 Å². The lowest BCUT2D eigenvalue weighted by molar-refractivity contribution is -0.352. The number of rotatable bonds is 1. The van der Waals surface area contributed by atoms with Crippen LogP contribution in [0.3, 0.4) is 0 Å². The summed E-state index contributed by atoms with van der Waals surface area (Å²) in [7, 11) is 0. The second kappa shape index (κ2) is 4.02. The van der Waals surface area contributed by atoms with Crippen LogP contribution >= 0.6 is 0 Å². The van der Waals surface area contributed by atoms with Crippen LogP contribution in [0.2, 0.25) is 0 Å². The van der Waals surface area contributed by atoms with E-state index in [0.717, 1.165) is 19.3 Å². The first-order chi connectivity index (χ1) is 7.44. The molecule has 1 atom stereocenters.